The van der Waals surface area contributed by atoms with Crippen molar-refractivity contribution in [1.82, 2.24) is 4.90 Å². The molecule has 1 saturated heterocycles. The summed E-state index contributed by atoms with van der Waals surface area (Å²) in [4.78, 5) is 14.5. The molecule has 0 aromatic heterocycles. The highest BCUT2D eigenvalue weighted by Gasteiger charge is 2.22. The average Bonchev–Trinajstić information content (AvgIpc) is 2.76. The number of hydrogen-bond donors (Lipinski definition) is 1. The Bertz CT molecular complexity index is 487. The van der Waals surface area contributed by atoms with Gasteiger partial charge in [0.15, 0.2) is 0 Å². The van der Waals surface area contributed by atoms with Crippen molar-refractivity contribution in [1.29, 1.82) is 5.26 Å². The van der Waals surface area contributed by atoms with Crippen molar-refractivity contribution >= 4 is 23.4 Å². The lowest BCUT2D eigenvalue weighted by Gasteiger charge is -2.26. The molecule has 2 rings (SSSR count). The zero-order valence-corrected chi connectivity index (χ0v) is 12.4. The first-order valence-electron chi connectivity index (χ1n) is 6.83. The maximum absolute atomic E-state index is 12.3. The number of benzene rings is 1. The summed E-state index contributed by atoms with van der Waals surface area (Å²) in [6, 6.07) is 8.90. The summed E-state index contributed by atoms with van der Waals surface area (Å²) >= 11 is 1.95. The van der Waals surface area contributed by atoms with Crippen molar-refractivity contribution in [2.24, 2.45) is 0 Å². The molecule has 5 heteroatoms. The van der Waals surface area contributed by atoms with Gasteiger partial charge in [-0.1, -0.05) is 0 Å². The molecule has 1 aromatic rings. The van der Waals surface area contributed by atoms with Crippen LogP contribution in [0.1, 0.15) is 18.9 Å². The molecule has 0 saturated carbocycles. The fraction of sp³-hybridized carbons (Fsp3) is 0.467. The minimum Gasteiger partial charge on any atom is -0.325 e. The predicted octanol–water partition coefficient (Wildman–Crippen LogP) is 2.32. The first kappa shape index (κ1) is 14.9. The van der Waals surface area contributed by atoms with E-state index in [9.17, 15) is 4.79 Å². The van der Waals surface area contributed by atoms with Crippen molar-refractivity contribution < 1.29 is 4.79 Å². The zero-order chi connectivity index (χ0) is 14.4. The van der Waals surface area contributed by atoms with Crippen LogP contribution in [0, 0.1) is 11.3 Å². The molecule has 1 heterocycles. The van der Waals surface area contributed by atoms with Gasteiger partial charge in [0.1, 0.15) is 0 Å². The Hall–Kier alpha value is -1.51. The van der Waals surface area contributed by atoms with E-state index in [0.717, 1.165) is 31.0 Å². The van der Waals surface area contributed by atoms with Gasteiger partial charge in [0.05, 0.1) is 17.7 Å². The van der Waals surface area contributed by atoms with Gasteiger partial charge in [0, 0.05) is 18.0 Å². The van der Waals surface area contributed by atoms with Crippen molar-refractivity contribution in [2.75, 3.05) is 29.9 Å². The molecule has 106 valence electrons. The van der Waals surface area contributed by atoms with Crippen molar-refractivity contribution in [3.8, 4) is 6.07 Å². The number of amides is 1. The van der Waals surface area contributed by atoms with Gasteiger partial charge in [-0.2, -0.15) is 17.0 Å². The van der Waals surface area contributed by atoms with Gasteiger partial charge in [0.25, 0.3) is 0 Å². The number of nitrogens with zero attached hydrogens (tertiary/aromatic N) is 2. The third-order valence-corrected chi connectivity index (χ3v) is 4.51. The molecule has 0 bridgehead atoms. The largest absolute Gasteiger partial charge is 0.325 e. The quantitative estimate of drug-likeness (QED) is 0.928. The van der Waals surface area contributed by atoms with Crippen LogP contribution in [0.3, 0.4) is 0 Å². The topological polar surface area (TPSA) is 56.1 Å². The Kier molecular flexibility index (Phi) is 5.45. The van der Waals surface area contributed by atoms with Crippen LogP contribution in [-0.4, -0.2) is 41.4 Å². The minimum atomic E-state index is -0.121. The van der Waals surface area contributed by atoms with Gasteiger partial charge in [-0.05, 0) is 49.9 Å². The fourth-order valence-corrected chi connectivity index (χ4v) is 3.09. The molecule has 0 aliphatic carbocycles. The summed E-state index contributed by atoms with van der Waals surface area (Å²) in [5.74, 6) is 2.29. The first-order valence-corrected chi connectivity index (χ1v) is 7.99. The highest BCUT2D eigenvalue weighted by molar-refractivity contribution is 7.99. The van der Waals surface area contributed by atoms with Crippen LogP contribution in [0.4, 0.5) is 5.69 Å². The number of thioether (sulfide) groups is 1. The summed E-state index contributed by atoms with van der Waals surface area (Å²) < 4.78 is 0. The molecule has 1 aliphatic rings. The monoisotopic (exact) mass is 289 g/mol. The molecule has 1 N–H and O–H groups in total. The lowest BCUT2D eigenvalue weighted by molar-refractivity contribution is -0.120. The van der Waals surface area contributed by atoms with Gasteiger partial charge in [-0.15, -0.1) is 0 Å². The van der Waals surface area contributed by atoms with Crippen molar-refractivity contribution in [3.05, 3.63) is 29.8 Å². The Balaban J connectivity index is 1.94. The molecule has 1 amide bonds. The van der Waals surface area contributed by atoms with Gasteiger partial charge >= 0.3 is 0 Å². The lowest BCUT2D eigenvalue weighted by atomic mass is 10.2. The van der Waals surface area contributed by atoms with E-state index in [2.05, 4.69) is 16.3 Å². The van der Waals surface area contributed by atoms with Crippen LogP contribution in [0.2, 0.25) is 0 Å². The van der Waals surface area contributed by atoms with Gasteiger partial charge < -0.3 is 5.32 Å². The first-order chi connectivity index (χ1) is 9.70. The van der Waals surface area contributed by atoms with E-state index in [1.54, 1.807) is 24.3 Å². The average molecular weight is 289 g/mol. The van der Waals surface area contributed by atoms with Crippen LogP contribution < -0.4 is 5.32 Å². The van der Waals surface area contributed by atoms with Crippen LogP contribution in [0.25, 0.3) is 0 Å². The van der Waals surface area contributed by atoms with Crippen LogP contribution >= 0.6 is 11.8 Å². The Morgan fingerprint density at radius 2 is 2.10 bits per heavy atom. The Morgan fingerprint density at radius 3 is 2.80 bits per heavy atom. The van der Waals surface area contributed by atoms with E-state index in [1.165, 1.54) is 5.75 Å². The third kappa shape index (κ3) is 3.99. The van der Waals surface area contributed by atoms with Gasteiger partial charge in [-0.25, -0.2) is 0 Å². The normalized spacial score (nSPS) is 17.8. The molecule has 0 spiro atoms. The van der Waals surface area contributed by atoms with Crippen LogP contribution in [0.15, 0.2) is 24.3 Å². The molecular weight excluding hydrogens is 270 g/mol. The number of carbonyl (C=O) groups is 1. The number of rotatable bonds is 3. The predicted molar refractivity (Wildman–Crippen MR) is 82.8 cm³/mol. The second-order valence-corrected chi connectivity index (χ2v) is 6.08. The number of anilines is 1. The summed E-state index contributed by atoms with van der Waals surface area (Å²) in [5, 5.41) is 11.7. The van der Waals surface area contributed by atoms with Crippen LogP contribution in [0.5, 0.6) is 0 Å². The zero-order valence-electron chi connectivity index (χ0n) is 11.6. The number of nitrogens with one attached hydrogen (secondary N) is 1. The SMILES string of the molecule is CC(C(=O)Nc1ccc(C#N)cc1)N1CCCSCC1. The molecule has 1 aliphatic heterocycles. The van der Waals surface area contributed by atoms with Crippen LogP contribution in [-0.2, 0) is 4.79 Å². The molecule has 1 unspecified atom stereocenters. The standard InChI is InChI=1S/C15H19N3OS/c1-12(18-7-2-9-20-10-8-18)15(19)17-14-5-3-13(11-16)4-6-14/h3-6,12H,2,7-10H2,1H3,(H,17,19). The molecule has 1 fully saturated rings. The summed E-state index contributed by atoms with van der Waals surface area (Å²) in [7, 11) is 0. The van der Waals surface area contributed by atoms with Crippen molar-refractivity contribution in [3.63, 3.8) is 0 Å². The Labute approximate surface area is 124 Å². The maximum Gasteiger partial charge on any atom is 0.241 e. The highest BCUT2D eigenvalue weighted by Crippen LogP contribution is 2.14. The Morgan fingerprint density at radius 1 is 1.35 bits per heavy atom. The molecule has 0 radical (unpaired) electrons. The number of nitriles is 1. The van der Waals surface area contributed by atoms with Gasteiger partial charge in [0.2, 0.25) is 5.91 Å². The molecule has 4 nitrogen and oxygen atoms in total. The minimum absolute atomic E-state index is 0.0154. The van der Waals surface area contributed by atoms with E-state index in [-0.39, 0.29) is 11.9 Å². The highest BCUT2D eigenvalue weighted by atomic mass is 32.2. The molecule has 1 atom stereocenters. The molecular formula is C15H19N3OS. The van der Waals surface area contributed by atoms with E-state index < -0.39 is 0 Å². The second-order valence-electron chi connectivity index (χ2n) is 4.86. The van der Waals surface area contributed by atoms with E-state index in [4.69, 9.17) is 5.26 Å². The second kappa shape index (κ2) is 7.32. The summed E-state index contributed by atoms with van der Waals surface area (Å²) in [6.07, 6.45) is 1.14. The smallest absolute Gasteiger partial charge is 0.241 e. The van der Waals surface area contributed by atoms with E-state index >= 15 is 0 Å². The van der Waals surface area contributed by atoms with Gasteiger partial charge in [-0.3, -0.25) is 9.69 Å². The van der Waals surface area contributed by atoms with E-state index in [1.807, 2.05) is 18.7 Å². The number of carbonyl (C=O) groups excluding carboxylic acids is 1. The van der Waals surface area contributed by atoms with Crippen molar-refractivity contribution in [2.45, 2.75) is 19.4 Å². The fourth-order valence-electron chi connectivity index (χ4n) is 2.19. The maximum atomic E-state index is 12.3. The molecule has 1 aromatic carbocycles. The molecule has 20 heavy (non-hydrogen) atoms. The summed E-state index contributed by atoms with van der Waals surface area (Å²) in [6.45, 7) is 3.90. The lowest BCUT2D eigenvalue weighted by Crippen LogP contribution is -2.43. The summed E-state index contributed by atoms with van der Waals surface area (Å²) in [5.41, 5.74) is 1.34. The third-order valence-electron chi connectivity index (χ3n) is 3.47. The number of hydrogen-bond acceptors (Lipinski definition) is 4. The van der Waals surface area contributed by atoms with E-state index in [0.29, 0.717) is 5.56 Å².